The minimum absolute atomic E-state index is 0.0432. The molecule has 2 heteroatoms. The quantitative estimate of drug-likeness (QED) is 0.651. The first-order valence-electron chi connectivity index (χ1n) is 3.14. The summed E-state index contributed by atoms with van der Waals surface area (Å²) in [4.78, 5) is 0. The molecular weight excluding hydrogens is 128 g/mol. The van der Waals surface area contributed by atoms with Crippen LogP contribution in [0.3, 0.4) is 0 Å². The van der Waals surface area contributed by atoms with Crippen molar-refractivity contribution in [1.82, 2.24) is 0 Å². The van der Waals surface area contributed by atoms with Gasteiger partial charge in [-0.1, -0.05) is 24.3 Å². The predicted octanol–water partition coefficient (Wildman–Crippen LogP) is 1.11. The number of benzene rings is 1. The van der Waals surface area contributed by atoms with E-state index in [1.54, 1.807) is 18.2 Å². The lowest BCUT2D eigenvalue weighted by molar-refractivity contribution is 0.174. The smallest absolute Gasteiger partial charge is 0.108 e. The van der Waals surface area contributed by atoms with Gasteiger partial charge in [-0.25, -0.2) is 5.11 Å². The Labute approximate surface area is 59.7 Å². The largest absolute Gasteiger partial charge is 0.392 e. The van der Waals surface area contributed by atoms with E-state index in [-0.39, 0.29) is 13.2 Å². The molecule has 1 N–H and O–H groups in total. The first kappa shape index (κ1) is 7.25. The zero-order valence-corrected chi connectivity index (χ0v) is 5.58. The van der Waals surface area contributed by atoms with Crippen LogP contribution in [0, 0.1) is 0 Å². The molecular formula is C8H9O2. The molecule has 0 saturated heterocycles. The maximum absolute atomic E-state index is 10.4. The number of aliphatic hydroxyl groups is 1. The van der Waals surface area contributed by atoms with Gasteiger partial charge in [0.15, 0.2) is 0 Å². The molecule has 0 bridgehead atoms. The standard InChI is InChI=1S/C8H9O2/c9-5-7-3-1-2-4-8(7)6-10/h1-4,9H,5-6H2. The molecule has 0 aliphatic carbocycles. The van der Waals surface area contributed by atoms with Crippen LogP contribution in [0.4, 0.5) is 0 Å². The van der Waals surface area contributed by atoms with Crippen molar-refractivity contribution in [2.24, 2.45) is 0 Å². The molecule has 2 nitrogen and oxygen atoms in total. The normalized spacial score (nSPS) is 9.80. The SMILES string of the molecule is [O]Cc1ccccc1CO. The summed E-state index contributed by atoms with van der Waals surface area (Å²) >= 11 is 0. The van der Waals surface area contributed by atoms with Gasteiger partial charge >= 0.3 is 0 Å². The number of aliphatic hydroxyl groups excluding tert-OH is 1. The van der Waals surface area contributed by atoms with E-state index in [9.17, 15) is 5.11 Å². The van der Waals surface area contributed by atoms with E-state index in [1.807, 2.05) is 6.07 Å². The molecule has 0 aliphatic heterocycles. The topological polar surface area (TPSA) is 40.1 Å². The fourth-order valence-electron chi connectivity index (χ4n) is 0.853. The Morgan fingerprint density at radius 2 is 1.80 bits per heavy atom. The van der Waals surface area contributed by atoms with Gasteiger partial charge in [0.1, 0.15) is 6.61 Å². The molecule has 0 unspecified atom stereocenters. The van der Waals surface area contributed by atoms with E-state index >= 15 is 0 Å². The Bertz CT molecular complexity index is 185. The van der Waals surface area contributed by atoms with Crippen molar-refractivity contribution in [3.63, 3.8) is 0 Å². The molecule has 1 radical (unpaired) electrons. The second-order valence-corrected chi connectivity index (χ2v) is 2.07. The highest BCUT2D eigenvalue weighted by molar-refractivity contribution is 5.25. The van der Waals surface area contributed by atoms with Crippen molar-refractivity contribution < 1.29 is 10.2 Å². The van der Waals surface area contributed by atoms with Crippen molar-refractivity contribution in [1.29, 1.82) is 0 Å². The average Bonchev–Trinajstić information content (AvgIpc) is 2.04. The Kier molecular flexibility index (Phi) is 2.42. The van der Waals surface area contributed by atoms with Gasteiger partial charge in [0, 0.05) is 0 Å². The van der Waals surface area contributed by atoms with E-state index in [0.717, 1.165) is 5.56 Å². The molecule has 0 atom stereocenters. The number of rotatable bonds is 2. The summed E-state index contributed by atoms with van der Waals surface area (Å²) < 4.78 is 0. The third-order valence-corrected chi connectivity index (χ3v) is 1.44. The molecule has 0 heterocycles. The van der Waals surface area contributed by atoms with Gasteiger partial charge in [-0.15, -0.1) is 0 Å². The molecule has 0 fully saturated rings. The van der Waals surface area contributed by atoms with Crippen LogP contribution in [0.5, 0.6) is 0 Å². The van der Waals surface area contributed by atoms with Gasteiger partial charge in [0.2, 0.25) is 0 Å². The van der Waals surface area contributed by atoms with Crippen LogP contribution in [0.25, 0.3) is 0 Å². The highest BCUT2D eigenvalue weighted by Crippen LogP contribution is 2.07. The summed E-state index contributed by atoms with van der Waals surface area (Å²) in [5, 5.41) is 19.1. The van der Waals surface area contributed by atoms with Crippen LogP contribution in [0.15, 0.2) is 24.3 Å². The summed E-state index contributed by atoms with van der Waals surface area (Å²) in [6, 6.07) is 7.10. The van der Waals surface area contributed by atoms with Gasteiger partial charge in [-0.3, -0.25) is 0 Å². The van der Waals surface area contributed by atoms with Crippen molar-refractivity contribution in [2.45, 2.75) is 13.2 Å². The van der Waals surface area contributed by atoms with Crippen LogP contribution < -0.4 is 0 Å². The summed E-state index contributed by atoms with van der Waals surface area (Å²) in [7, 11) is 0. The van der Waals surface area contributed by atoms with Crippen molar-refractivity contribution in [2.75, 3.05) is 0 Å². The molecule has 1 aromatic carbocycles. The minimum Gasteiger partial charge on any atom is -0.392 e. The van der Waals surface area contributed by atoms with Crippen molar-refractivity contribution >= 4 is 0 Å². The third-order valence-electron chi connectivity index (χ3n) is 1.44. The fourth-order valence-corrected chi connectivity index (χ4v) is 0.853. The van der Waals surface area contributed by atoms with Crippen LogP contribution in [0.1, 0.15) is 11.1 Å². The summed E-state index contributed by atoms with van der Waals surface area (Å²) in [5.41, 5.74) is 1.42. The monoisotopic (exact) mass is 137 g/mol. The molecule has 0 aliphatic rings. The average molecular weight is 137 g/mol. The van der Waals surface area contributed by atoms with Crippen LogP contribution in [0.2, 0.25) is 0 Å². The van der Waals surface area contributed by atoms with Crippen molar-refractivity contribution in [3.8, 4) is 0 Å². The summed E-state index contributed by atoms with van der Waals surface area (Å²) in [6.45, 7) is -0.296. The lowest BCUT2D eigenvalue weighted by atomic mass is 10.1. The van der Waals surface area contributed by atoms with Gasteiger partial charge in [-0.05, 0) is 11.1 Å². The Balaban J connectivity index is 2.96. The van der Waals surface area contributed by atoms with Crippen LogP contribution in [-0.4, -0.2) is 5.11 Å². The van der Waals surface area contributed by atoms with Crippen LogP contribution >= 0.6 is 0 Å². The van der Waals surface area contributed by atoms with E-state index in [1.165, 1.54) is 0 Å². The molecule has 0 spiro atoms. The summed E-state index contributed by atoms with van der Waals surface area (Å²) in [5.74, 6) is 0. The Morgan fingerprint density at radius 1 is 1.20 bits per heavy atom. The van der Waals surface area contributed by atoms with Gasteiger partial charge in [-0.2, -0.15) is 0 Å². The first-order chi connectivity index (χ1) is 4.88. The predicted molar refractivity (Wildman–Crippen MR) is 36.8 cm³/mol. The van der Waals surface area contributed by atoms with E-state index in [0.29, 0.717) is 5.56 Å². The van der Waals surface area contributed by atoms with E-state index in [4.69, 9.17) is 5.11 Å². The van der Waals surface area contributed by atoms with E-state index < -0.39 is 0 Å². The van der Waals surface area contributed by atoms with Gasteiger partial charge < -0.3 is 5.11 Å². The zero-order chi connectivity index (χ0) is 7.40. The minimum atomic E-state index is -0.253. The molecule has 0 aromatic heterocycles. The molecule has 1 aromatic rings. The molecule has 10 heavy (non-hydrogen) atoms. The highest BCUT2D eigenvalue weighted by Gasteiger charge is 1.96. The molecule has 0 amide bonds. The first-order valence-corrected chi connectivity index (χ1v) is 3.14. The fraction of sp³-hybridized carbons (Fsp3) is 0.250. The van der Waals surface area contributed by atoms with Crippen molar-refractivity contribution in [3.05, 3.63) is 35.4 Å². The Morgan fingerprint density at radius 3 is 2.20 bits per heavy atom. The highest BCUT2D eigenvalue weighted by atomic mass is 16.3. The van der Waals surface area contributed by atoms with Gasteiger partial charge in [0.05, 0.1) is 6.61 Å². The number of hydrogen-bond acceptors (Lipinski definition) is 1. The third kappa shape index (κ3) is 1.35. The molecule has 53 valence electrons. The zero-order valence-electron chi connectivity index (χ0n) is 5.58. The lowest BCUT2D eigenvalue weighted by Gasteiger charge is -2.00. The second kappa shape index (κ2) is 3.34. The second-order valence-electron chi connectivity index (χ2n) is 2.07. The maximum atomic E-state index is 10.4. The number of hydrogen-bond donors (Lipinski definition) is 1. The maximum Gasteiger partial charge on any atom is 0.108 e. The summed E-state index contributed by atoms with van der Waals surface area (Å²) in [6.07, 6.45) is 0. The van der Waals surface area contributed by atoms with Gasteiger partial charge in [0.25, 0.3) is 0 Å². The van der Waals surface area contributed by atoms with Crippen LogP contribution in [-0.2, 0) is 18.3 Å². The lowest BCUT2D eigenvalue weighted by Crippen LogP contribution is -1.91. The molecule has 0 saturated carbocycles. The Hall–Kier alpha value is -0.860. The molecule has 1 rings (SSSR count). The van der Waals surface area contributed by atoms with E-state index in [2.05, 4.69) is 0 Å².